The molecule has 3 N–H and O–H groups in total. The van der Waals surface area contributed by atoms with Gasteiger partial charge in [0, 0.05) is 17.3 Å². The van der Waals surface area contributed by atoms with Crippen LogP contribution < -0.4 is 15.9 Å². The quantitative estimate of drug-likeness (QED) is 0.533. The molecule has 2 aromatic rings. The number of rotatable bonds is 6. The first-order valence-electron chi connectivity index (χ1n) is 8.89. The molecule has 0 amide bonds. The van der Waals surface area contributed by atoms with Crippen molar-refractivity contribution in [3.63, 3.8) is 0 Å². The minimum absolute atomic E-state index is 0.0434. The van der Waals surface area contributed by atoms with Crippen molar-refractivity contribution in [1.82, 2.24) is 9.91 Å². The van der Waals surface area contributed by atoms with Gasteiger partial charge in [-0.05, 0) is 49.7 Å². The number of nitrogens with one attached hydrogen (secondary N) is 1. The summed E-state index contributed by atoms with van der Waals surface area (Å²) in [6.45, 7) is 4.82. The summed E-state index contributed by atoms with van der Waals surface area (Å²) in [7, 11) is 0. The molecule has 1 heterocycles. The van der Waals surface area contributed by atoms with Crippen LogP contribution >= 0.6 is 23.2 Å². The van der Waals surface area contributed by atoms with E-state index >= 15 is 0 Å². The lowest BCUT2D eigenvalue weighted by Gasteiger charge is -2.34. The standard InChI is InChI=1S/C19H24Cl2N4O3/c1-13(2)28-18-8-7-16(9-17(18)21)23-19-24(11-26-27-12-25(19)22)10-14-3-5-15(20)6-4-14/h3-9,13,19,23H,10-12,22H2,1-2H3. The first-order valence-corrected chi connectivity index (χ1v) is 9.65. The highest BCUT2D eigenvalue weighted by molar-refractivity contribution is 6.32. The second kappa shape index (κ2) is 9.76. The number of ether oxygens (including phenoxy) is 1. The van der Waals surface area contributed by atoms with Gasteiger partial charge in [0.15, 0.2) is 13.0 Å². The van der Waals surface area contributed by atoms with Gasteiger partial charge in [-0.3, -0.25) is 5.84 Å². The number of nitrogens with two attached hydrogens (primary N) is 1. The zero-order valence-corrected chi connectivity index (χ0v) is 17.3. The summed E-state index contributed by atoms with van der Waals surface area (Å²) in [5.41, 5.74) is 1.86. The predicted octanol–water partition coefficient (Wildman–Crippen LogP) is 4.03. The zero-order chi connectivity index (χ0) is 20.1. The summed E-state index contributed by atoms with van der Waals surface area (Å²) < 4.78 is 5.68. The Balaban J connectivity index is 1.77. The van der Waals surface area contributed by atoms with Gasteiger partial charge >= 0.3 is 0 Å². The molecule has 9 heteroatoms. The number of nitrogens with zero attached hydrogens (tertiary/aromatic N) is 2. The van der Waals surface area contributed by atoms with Gasteiger partial charge in [0.1, 0.15) is 12.5 Å². The lowest BCUT2D eigenvalue weighted by Crippen LogP contribution is -2.55. The lowest BCUT2D eigenvalue weighted by molar-refractivity contribution is -0.314. The van der Waals surface area contributed by atoms with Crippen molar-refractivity contribution >= 4 is 28.9 Å². The molecular formula is C19H24Cl2N4O3. The summed E-state index contributed by atoms with van der Waals surface area (Å²) >= 11 is 12.3. The van der Waals surface area contributed by atoms with Gasteiger partial charge in [-0.25, -0.2) is 14.7 Å². The monoisotopic (exact) mass is 426 g/mol. The minimum atomic E-state index is -0.383. The summed E-state index contributed by atoms with van der Waals surface area (Å²) in [5, 5.41) is 6.09. The topological polar surface area (TPSA) is 72.2 Å². The Kier molecular flexibility index (Phi) is 7.36. The van der Waals surface area contributed by atoms with Crippen LogP contribution in [0.2, 0.25) is 10.0 Å². The number of benzene rings is 2. The SMILES string of the molecule is CC(C)Oc1ccc(NC2N(N)COOCN2Cc2ccc(Cl)cc2)cc1Cl. The molecule has 7 nitrogen and oxygen atoms in total. The molecule has 3 rings (SSSR count). The van der Waals surface area contributed by atoms with Crippen molar-refractivity contribution in [3.05, 3.63) is 58.1 Å². The molecule has 1 fully saturated rings. The van der Waals surface area contributed by atoms with Gasteiger partial charge in [0.25, 0.3) is 0 Å². The maximum atomic E-state index is 6.36. The second-order valence-corrected chi connectivity index (χ2v) is 7.55. The molecule has 0 aromatic heterocycles. The molecule has 1 atom stereocenters. The Bertz CT molecular complexity index is 776. The first-order chi connectivity index (χ1) is 13.4. The molecule has 1 saturated heterocycles. The maximum Gasteiger partial charge on any atom is 0.154 e. The summed E-state index contributed by atoms with van der Waals surface area (Å²) in [6.07, 6.45) is -0.340. The molecule has 28 heavy (non-hydrogen) atoms. The summed E-state index contributed by atoms with van der Waals surface area (Å²) in [6, 6.07) is 13.1. The third kappa shape index (κ3) is 5.71. The maximum absolute atomic E-state index is 6.36. The van der Waals surface area contributed by atoms with E-state index in [2.05, 4.69) is 5.32 Å². The van der Waals surface area contributed by atoms with Crippen molar-refractivity contribution in [2.75, 3.05) is 18.8 Å². The van der Waals surface area contributed by atoms with Crippen LogP contribution in [0.3, 0.4) is 0 Å². The van der Waals surface area contributed by atoms with Crippen LogP contribution in [0.4, 0.5) is 5.69 Å². The molecule has 0 bridgehead atoms. The van der Waals surface area contributed by atoms with Gasteiger partial charge < -0.3 is 10.1 Å². The smallest absolute Gasteiger partial charge is 0.154 e. The highest BCUT2D eigenvalue weighted by atomic mass is 35.5. The van der Waals surface area contributed by atoms with Crippen LogP contribution in [-0.2, 0) is 16.3 Å². The van der Waals surface area contributed by atoms with Crippen molar-refractivity contribution in [1.29, 1.82) is 0 Å². The largest absolute Gasteiger partial charge is 0.489 e. The highest BCUT2D eigenvalue weighted by Crippen LogP contribution is 2.29. The minimum Gasteiger partial charge on any atom is -0.489 e. The van der Waals surface area contributed by atoms with Gasteiger partial charge in [-0.2, -0.15) is 5.01 Å². The van der Waals surface area contributed by atoms with E-state index in [1.807, 2.05) is 55.1 Å². The van der Waals surface area contributed by atoms with E-state index in [-0.39, 0.29) is 25.9 Å². The van der Waals surface area contributed by atoms with E-state index in [4.69, 9.17) is 43.6 Å². The van der Waals surface area contributed by atoms with Crippen LogP contribution in [-0.4, -0.2) is 35.8 Å². The van der Waals surface area contributed by atoms with Gasteiger partial charge in [-0.1, -0.05) is 35.3 Å². The average molecular weight is 427 g/mol. The number of hydrogen-bond donors (Lipinski definition) is 2. The van der Waals surface area contributed by atoms with Crippen molar-refractivity contribution in [2.45, 2.75) is 32.8 Å². The first kappa shape index (κ1) is 21.1. The number of anilines is 1. The van der Waals surface area contributed by atoms with Crippen molar-refractivity contribution < 1.29 is 14.5 Å². The zero-order valence-electron chi connectivity index (χ0n) is 15.8. The van der Waals surface area contributed by atoms with E-state index < -0.39 is 0 Å². The average Bonchev–Trinajstić information content (AvgIpc) is 2.81. The van der Waals surface area contributed by atoms with E-state index in [1.165, 1.54) is 5.01 Å². The molecule has 1 unspecified atom stereocenters. The van der Waals surface area contributed by atoms with Gasteiger partial charge in [0.05, 0.1) is 11.1 Å². The van der Waals surface area contributed by atoms with Gasteiger partial charge in [0.2, 0.25) is 0 Å². The van der Waals surface area contributed by atoms with E-state index in [1.54, 1.807) is 6.07 Å². The highest BCUT2D eigenvalue weighted by Gasteiger charge is 2.27. The Labute approximate surface area is 174 Å². The van der Waals surface area contributed by atoms with Crippen LogP contribution in [0.25, 0.3) is 0 Å². The Morgan fingerprint density at radius 2 is 1.86 bits per heavy atom. The van der Waals surface area contributed by atoms with Crippen LogP contribution in [0.1, 0.15) is 19.4 Å². The fraction of sp³-hybridized carbons (Fsp3) is 0.368. The third-order valence-corrected chi connectivity index (χ3v) is 4.60. The lowest BCUT2D eigenvalue weighted by atomic mass is 10.2. The molecule has 1 aliphatic heterocycles. The Morgan fingerprint density at radius 3 is 2.54 bits per heavy atom. The summed E-state index contributed by atoms with van der Waals surface area (Å²) in [4.78, 5) is 12.3. The van der Waals surface area contributed by atoms with Crippen molar-refractivity contribution in [3.8, 4) is 5.75 Å². The van der Waals surface area contributed by atoms with Crippen LogP contribution in [0, 0.1) is 0 Å². The van der Waals surface area contributed by atoms with E-state index in [9.17, 15) is 0 Å². The molecule has 0 aliphatic carbocycles. The summed E-state index contributed by atoms with van der Waals surface area (Å²) in [5.74, 6) is 6.81. The third-order valence-electron chi connectivity index (χ3n) is 4.05. The Morgan fingerprint density at radius 1 is 1.14 bits per heavy atom. The normalized spacial score (nSPS) is 18.9. The molecule has 0 spiro atoms. The number of halogens is 2. The number of hydrazine groups is 1. The molecule has 2 aromatic carbocycles. The molecule has 152 valence electrons. The fourth-order valence-corrected chi connectivity index (χ4v) is 3.12. The molecule has 0 saturated carbocycles. The second-order valence-electron chi connectivity index (χ2n) is 6.71. The van der Waals surface area contributed by atoms with Crippen molar-refractivity contribution in [2.24, 2.45) is 5.84 Å². The molecule has 0 radical (unpaired) electrons. The Hall–Kier alpha value is -1.58. The van der Waals surface area contributed by atoms with E-state index in [0.717, 1.165) is 11.3 Å². The fourth-order valence-electron chi connectivity index (χ4n) is 2.77. The molecular weight excluding hydrogens is 403 g/mol. The van der Waals surface area contributed by atoms with Crippen LogP contribution in [0.5, 0.6) is 5.75 Å². The van der Waals surface area contributed by atoms with E-state index in [0.29, 0.717) is 22.3 Å². The van der Waals surface area contributed by atoms with Gasteiger partial charge in [-0.15, -0.1) is 0 Å². The molecule has 1 aliphatic rings. The van der Waals surface area contributed by atoms with Crippen LogP contribution in [0.15, 0.2) is 42.5 Å². The number of hydrogen-bond acceptors (Lipinski definition) is 7. The predicted molar refractivity (Wildman–Crippen MR) is 110 cm³/mol.